The number of nitrogens with zero attached hydrogens (tertiary/aromatic N) is 4. The van der Waals surface area contributed by atoms with E-state index in [1.165, 1.54) is 0 Å². The molecule has 0 aliphatic carbocycles. The first-order chi connectivity index (χ1) is 17.1. The number of hydrogen-bond donors (Lipinski definition) is 1. The van der Waals surface area contributed by atoms with Crippen LogP contribution in [0.25, 0.3) is 11.3 Å². The zero-order chi connectivity index (χ0) is 24.5. The molecule has 0 spiro atoms. The number of anilines is 1. The molecule has 0 radical (unpaired) electrons. The molecule has 1 aliphatic heterocycles. The zero-order valence-electron chi connectivity index (χ0n) is 20.3. The van der Waals surface area contributed by atoms with Crippen LogP contribution in [0.15, 0.2) is 66.7 Å². The summed E-state index contributed by atoms with van der Waals surface area (Å²) >= 11 is 0. The molecule has 0 unspecified atom stereocenters. The molecule has 7 nitrogen and oxygen atoms in total. The Bertz CT molecular complexity index is 1110. The van der Waals surface area contributed by atoms with Crippen LogP contribution in [0.2, 0.25) is 0 Å². The van der Waals surface area contributed by atoms with Gasteiger partial charge >= 0.3 is 0 Å². The highest BCUT2D eigenvalue weighted by atomic mass is 16.2. The Morgan fingerprint density at radius 2 is 1.54 bits per heavy atom. The molecule has 182 valence electrons. The molecule has 2 aromatic carbocycles. The van der Waals surface area contributed by atoms with Crippen LogP contribution in [0.1, 0.15) is 41.9 Å². The Balaban J connectivity index is 1.17. The van der Waals surface area contributed by atoms with E-state index in [0.29, 0.717) is 31.6 Å². The highest BCUT2D eigenvalue weighted by molar-refractivity contribution is 5.94. The molecule has 1 fully saturated rings. The van der Waals surface area contributed by atoms with Crippen LogP contribution in [-0.4, -0.2) is 59.4 Å². The van der Waals surface area contributed by atoms with Crippen LogP contribution < -0.4 is 10.2 Å². The van der Waals surface area contributed by atoms with Crippen molar-refractivity contribution in [3.8, 4) is 11.3 Å². The lowest BCUT2D eigenvalue weighted by Crippen LogP contribution is -2.49. The third-order valence-electron chi connectivity index (χ3n) is 6.24. The summed E-state index contributed by atoms with van der Waals surface area (Å²) in [5.74, 6) is 1.83. The SMILES string of the molecule is Cc1nc(-c2ccccc2)cc(N2CCN(C(=O)CCCCCNC(=O)c3ccccc3)CC2)n1. The van der Waals surface area contributed by atoms with Crippen molar-refractivity contribution in [2.24, 2.45) is 0 Å². The van der Waals surface area contributed by atoms with E-state index in [4.69, 9.17) is 0 Å². The van der Waals surface area contributed by atoms with Crippen LogP contribution in [0.5, 0.6) is 0 Å². The van der Waals surface area contributed by atoms with Gasteiger partial charge in [0.15, 0.2) is 0 Å². The van der Waals surface area contributed by atoms with Gasteiger partial charge in [-0.25, -0.2) is 9.97 Å². The zero-order valence-corrected chi connectivity index (χ0v) is 20.3. The fraction of sp³-hybridized carbons (Fsp3) is 0.357. The molecule has 1 aromatic heterocycles. The summed E-state index contributed by atoms with van der Waals surface area (Å²) in [7, 11) is 0. The highest BCUT2D eigenvalue weighted by Gasteiger charge is 2.22. The van der Waals surface area contributed by atoms with E-state index in [1.54, 1.807) is 0 Å². The van der Waals surface area contributed by atoms with Gasteiger partial charge in [0.1, 0.15) is 11.6 Å². The molecule has 2 heterocycles. The first-order valence-electron chi connectivity index (χ1n) is 12.4. The normalized spacial score (nSPS) is 13.5. The molecule has 0 saturated carbocycles. The maximum atomic E-state index is 12.7. The van der Waals surface area contributed by atoms with Crippen LogP contribution in [-0.2, 0) is 4.79 Å². The Labute approximate surface area is 207 Å². The number of benzene rings is 2. The summed E-state index contributed by atoms with van der Waals surface area (Å²) in [5, 5.41) is 2.94. The minimum Gasteiger partial charge on any atom is -0.353 e. The summed E-state index contributed by atoms with van der Waals surface area (Å²) < 4.78 is 0. The largest absolute Gasteiger partial charge is 0.353 e. The highest BCUT2D eigenvalue weighted by Crippen LogP contribution is 2.22. The van der Waals surface area contributed by atoms with Gasteiger partial charge in [0.2, 0.25) is 5.91 Å². The van der Waals surface area contributed by atoms with Crippen molar-refractivity contribution in [2.75, 3.05) is 37.6 Å². The fourth-order valence-electron chi connectivity index (χ4n) is 4.29. The van der Waals surface area contributed by atoms with Crippen LogP contribution in [0, 0.1) is 6.92 Å². The van der Waals surface area contributed by atoms with E-state index in [0.717, 1.165) is 55.3 Å². The summed E-state index contributed by atoms with van der Waals surface area (Å²) in [4.78, 5) is 38.2. The molecule has 35 heavy (non-hydrogen) atoms. The molecule has 2 amide bonds. The number of rotatable bonds is 9. The van der Waals surface area contributed by atoms with Gasteiger partial charge in [-0.05, 0) is 31.9 Å². The van der Waals surface area contributed by atoms with Crippen LogP contribution in [0.4, 0.5) is 5.82 Å². The number of aromatic nitrogens is 2. The average Bonchev–Trinajstić information content (AvgIpc) is 2.91. The van der Waals surface area contributed by atoms with Crippen molar-refractivity contribution >= 4 is 17.6 Å². The van der Waals surface area contributed by atoms with Crippen molar-refractivity contribution in [1.29, 1.82) is 0 Å². The van der Waals surface area contributed by atoms with Gasteiger partial charge in [-0.1, -0.05) is 55.0 Å². The summed E-state index contributed by atoms with van der Waals surface area (Å²) in [6, 6.07) is 21.4. The molecular weight excluding hydrogens is 438 g/mol. The molecule has 7 heteroatoms. The summed E-state index contributed by atoms with van der Waals surface area (Å²) in [5.41, 5.74) is 2.68. The van der Waals surface area contributed by atoms with E-state index >= 15 is 0 Å². The van der Waals surface area contributed by atoms with Gasteiger partial charge in [0.25, 0.3) is 5.91 Å². The third kappa shape index (κ3) is 6.88. The second kappa shape index (κ2) is 12.1. The van der Waals surface area contributed by atoms with Crippen molar-refractivity contribution in [2.45, 2.75) is 32.6 Å². The average molecular weight is 472 g/mol. The number of carbonyl (C=O) groups excluding carboxylic acids is 2. The maximum Gasteiger partial charge on any atom is 0.251 e. The molecular formula is C28H33N5O2. The van der Waals surface area contributed by atoms with Gasteiger partial charge in [-0.15, -0.1) is 0 Å². The predicted molar refractivity (Wildman–Crippen MR) is 138 cm³/mol. The monoisotopic (exact) mass is 471 g/mol. The number of nitrogens with one attached hydrogen (secondary N) is 1. The van der Waals surface area contributed by atoms with E-state index in [9.17, 15) is 9.59 Å². The van der Waals surface area contributed by atoms with E-state index in [1.807, 2.05) is 66.4 Å². The molecule has 0 bridgehead atoms. The Morgan fingerprint density at radius 3 is 2.26 bits per heavy atom. The fourth-order valence-corrected chi connectivity index (χ4v) is 4.29. The predicted octanol–water partition coefficient (Wildman–Crippen LogP) is 4.09. The van der Waals surface area contributed by atoms with E-state index in [2.05, 4.69) is 32.3 Å². The maximum absolute atomic E-state index is 12.7. The number of hydrogen-bond acceptors (Lipinski definition) is 5. The van der Waals surface area contributed by atoms with Gasteiger partial charge in [0, 0.05) is 56.3 Å². The molecule has 1 N–H and O–H groups in total. The Morgan fingerprint density at radius 1 is 0.857 bits per heavy atom. The van der Waals surface area contributed by atoms with Crippen molar-refractivity contribution in [3.05, 3.63) is 78.1 Å². The van der Waals surface area contributed by atoms with Gasteiger partial charge in [-0.2, -0.15) is 0 Å². The molecule has 4 rings (SSSR count). The van der Waals surface area contributed by atoms with Gasteiger partial charge in [-0.3, -0.25) is 9.59 Å². The number of carbonyl (C=O) groups is 2. The molecule has 0 atom stereocenters. The Hall–Kier alpha value is -3.74. The second-order valence-corrected chi connectivity index (χ2v) is 8.83. The lowest BCUT2D eigenvalue weighted by Gasteiger charge is -2.35. The van der Waals surface area contributed by atoms with Gasteiger partial charge in [0.05, 0.1) is 5.69 Å². The molecule has 1 saturated heterocycles. The van der Waals surface area contributed by atoms with E-state index < -0.39 is 0 Å². The van der Waals surface area contributed by atoms with Crippen molar-refractivity contribution in [3.63, 3.8) is 0 Å². The number of piperazine rings is 1. The summed E-state index contributed by atoms with van der Waals surface area (Å²) in [6.45, 7) is 5.49. The summed E-state index contributed by atoms with van der Waals surface area (Å²) in [6.07, 6.45) is 3.18. The molecule has 1 aliphatic rings. The van der Waals surface area contributed by atoms with Gasteiger partial charge < -0.3 is 15.1 Å². The minimum absolute atomic E-state index is 0.0469. The Kier molecular flexibility index (Phi) is 8.44. The van der Waals surface area contributed by atoms with E-state index in [-0.39, 0.29) is 11.8 Å². The topological polar surface area (TPSA) is 78.4 Å². The van der Waals surface area contributed by atoms with Crippen LogP contribution in [0.3, 0.4) is 0 Å². The quantitative estimate of drug-likeness (QED) is 0.476. The van der Waals surface area contributed by atoms with Crippen molar-refractivity contribution < 1.29 is 9.59 Å². The smallest absolute Gasteiger partial charge is 0.251 e. The standard InChI is InChI=1S/C28H33N5O2/c1-22-30-25(23-11-5-2-6-12-23)21-26(31-22)32-17-19-33(20-18-32)27(34)15-9-4-10-16-29-28(35)24-13-7-3-8-14-24/h2-3,5-8,11-14,21H,4,9-10,15-20H2,1H3,(H,29,35). The first-order valence-corrected chi connectivity index (χ1v) is 12.4. The number of aryl methyl sites for hydroxylation is 1. The lowest BCUT2D eigenvalue weighted by atomic mass is 10.1. The van der Waals surface area contributed by atoms with Crippen molar-refractivity contribution in [1.82, 2.24) is 20.2 Å². The third-order valence-corrected chi connectivity index (χ3v) is 6.24. The lowest BCUT2D eigenvalue weighted by molar-refractivity contribution is -0.131. The minimum atomic E-state index is -0.0469. The second-order valence-electron chi connectivity index (χ2n) is 8.83. The number of unbranched alkanes of at least 4 members (excludes halogenated alkanes) is 2. The first kappa shape index (κ1) is 24.4. The number of amides is 2. The molecule has 3 aromatic rings. The van der Waals surface area contributed by atoms with Crippen LogP contribution >= 0.6 is 0 Å².